The lowest BCUT2D eigenvalue weighted by atomic mass is 10.1. The van der Waals surface area contributed by atoms with Crippen LogP contribution in [0.4, 0.5) is 0 Å². The van der Waals surface area contributed by atoms with Crippen LogP contribution in [-0.4, -0.2) is 70.1 Å². The second-order valence-electron chi connectivity index (χ2n) is 6.78. The molecule has 4 rings (SSSR count). The third-order valence-corrected chi connectivity index (χ3v) is 6.96. The lowest BCUT2D eigenvalue weighted by Crippen LogP contribution is -2.50. The maximum absolute atomic E-state index is 13.0. The molecular formula is C19H21N5O4S. The molecule has 1 aromatic carbocycles. The van der Waals surface area contributed by atoms with Gasteiger partial charge in [-0.2, -0.15) is 4.31 Å². The van der Waals surface area contributed by atoms with Gasteiger partial charge in [-0.1, -0.05) is 30.3 Å². The van der Waals surface area contributed by atoms with Crippen molar-refractivity contribution >= 4 is 21.6 Å². The van der Waals surface area contributed by atoms with Crippen molar-refractivity contribution in [3.05, 3.63) is 58.5 Å². The molecule has 152 valence electrons. The summed E-state index contributed by atoms with van der Waals surface area (Å²) in [4.78, 5) is 31.6. The first-order valence-electron chi connectivity index (χ1n) is 9.34. The SMILES string of the molecule is CCS(=O)(=O)N1CCN(C(=O)c2c[nH]n3c(=O)cc(-c4ccccc4)nc23)CC1. The second kappa shape index (κ2) is 7.45. The molecule has 10 heteroatoms. The molecule has 0 aliphatic carbocycles. The van der Waals surface area contributed by atoms with Gasteiger partial charge in [0, 0.05) is 44.0 Å². The minimum atomic E-state index is -3.27. The molecule has 1 aliphatic heterocycles. The Morgan fingerprint density at radius 2 is 1.83 bits per heavy atom. The molecule has 1 fully saturated rings. The third kappa shape index (κ3) is 3.56. The summed E-state index contributed by atoms with van der Waals surface area (Å²) in [6.45, 7) is 2.70. The Morgan fingerprint density at radius 1 is 1.14 bits per heavy atom. The van der Waals surface area contributed by atoms with Crippen LogP contribution in [0.15, 0.2) is 47.4 Å². The van der Waals surface area contributed by atoms with Crippen LogP contribution in [0.5, 0.6) is 0 Å². The van der Waals surface area contributed by atoms with Crippen LogP contribution in [0.3, 0.4) is 0 Å². The van der Waals surface area contributed by atoms with Crippen LogP contribution in [0, 0.1) is 0 Å². The number of carbonyl (C=O) groups is 1. The molecule has 1 aliphatic rings. The van der Waals surface area contributed by atoms with Crippen molar-refractivity contribution in [3.63, 3.8) is 0 Å². The monoisotopic (exact) mass is 415 g/mol. The third-order valence-electron chi connectivity index (χ3n) is 5.08. The lowest BCUT2D eigenvalue weighted by molar-refractivity contribution is 0.0699. The smallest absolute Gasteiger partial charge is 0.273 e. The van der Waals surface area contributed by atoms with Gasteiger partial charge in [0.05, 0.1) is 11.4 Å². The number of hydrogen-bond donors (Lipinski definition) is 1. The largest absolute Gasteiger partial charge is 0.336 e. The fourth-order valence-corrected chi connectivity index (χ4v) is 4.50. The van der Waals surface area contributed by atoms with Gasteiger partial charge in [-0.05, 0) is 6.92 Å². The summed E-state index contributed by atoms with van der Waals surface area (Å²) in [5, 5.41) is 2.79. The van der Waals surface area contributed by atoms with E-state index in [1.165, 1.54) is 21.1 Å². The number of hydrogen-bond acceptors (Lipinski definition) is 5. The second-order valence-corrected chi connectivity index (χ2v) is 9.04. The first kappa shape index (κ1) is 19.3. The summed E-state index contributed by atoms with van der Waals surface area (Å²) >= 11 is 0. The number of sulfonamides is 1. The molecule has 0 spiro atoms. The van der Waals surface area contributed by atoms with Crippen LogP contribution >= 0.6 is 0 Å². The van der Waals surface area contributed by atoms with E-state index in [4.69, 9.17) is 0 Å². The highest BCUT2D eigenvalue weighted by Gasteiger charge is 2.29. The first-order chi connectivity index (χ1) is 13.9. The predicted molar refractivity (Wildman–Crippen MR) is 108 cm³/mol. The van der Waals surface area contributed by atoms with Crippen molar-refractivity contribution in [2.45, 2.75) is 6.92 Å². The number of fused-ring (bicyclic) bond motifs is 1. The van der Waals surface area contributed by atoms with E-state index >= 15 is 0 Å². The standard InChI is InChI=1S/C19H21N5O4S/c1-2-29(27,28)23-10-8-22(9-11-23)19(26)15-13-20-24-17(25)12-16(21-18(15)24)14-6-4-3-5-7-14/h3-7,12-13,20H,2,8-11H2,1H3. The van der Waals surface area contributed by atoms with E-state index in [9.17, 15) is 18.0 Å². The van der Waals surface area contributed by atoms with Crippen molar-refractivity contribution in [3.8, 4) is 11.3 Å². The summed E-state index contributed by atoms with van der Waals surface area (Å²) in [6.07, 6.45) is 1.47. The van der Waals surface area contributed by atoms with Gasteiger partial charge in [-0.25, -0.2) is 17.9 Å². The Morgan fingerprint density at radius 3 is 2.48 bits per heavy atom. The van der Waals surface area contributed by atoms with E-state index in [1.807, 2.05) is 30.3 Å². The van der Waals surface area contributed by atoms with E-state index in [-0.39, 0.29) is 54.6 Å². The van der Waals surface area contributed by atoms with Gasteiger partial charge in [0.15, 0.2) is 5.65 Å². The Bertz CT molecular complexity index is 1210. The zero-order chi connectivity index (χ0) is 20.6. The Labute approximate surface area is 167 Å². The van der Waals surface area contributed by atoms with Crippen LogP contribution in [0.2, 0.25) is 0 Å². The number of carbonyl (C=O) groups excluding carboxylic acids is 1. The molecular weight excluding hydrogens is 394 g/mol. The van der Waals surface area contributed by atoms with Gasteiger partial charge in [0.25, 0.3) is 11.5 Å². The molecule has 1 N–H and O–H groups in total. The van der Waals surface area contributed by atoms with Crippen LogP contribution in [-0.2, 0) is 10.0 Å². The Balaban J connectivity index is 1.64. The minimum absolute atomic E-state index is 0.0402. The van der Waals surface area contributed by atoms with Crippen molar-refractivity contribution in [2.75, 3.05) is 31.9 Å². The van der Waals surface area contributed by atoms with Crippen LogP contribution < -0.4 is 5.56 Å². The number of aromatic amines is 1. The molecule has 0 bridgehead atoms. The summed E-state index contributed by atoms with van der Waals surface area (Å²) < 4.78 is 26.7. The average molecular weight is 415 g/mol. The molecule has 0 saturated carbocycles. The first-order valence-corrected chi connectivity index (χ1v) is 11.0. The Hall–Kier alpha value is -2.98. The molecule has 1 amide bonds. The van der Waals surface area contributed by atoms with Crippen LogP contribution in [0.1, 0.15) is 17.3 Å². The zero-order valence-corrected chi connectivity index (χ0v) is 16.7. The van der Waals surface area contributed by atoms with Crippen LogP contribution in [0.25, 0.3) is 16.9 Å². The maximum Gasteiger partial charge on any atom is 0.273 e. The highest BCUT2D eigenvalue weighted by atomic mass is 32.2. The molecule has 2 aromatic heterocycles. The number of amides is 1. The normalized spacial score (nSPS) is 15.7. The highest BCUT2D eigenvalue weighted by Crippen LogP contribution is 2.18. The average Bonchev–Trinajstić information content (AvgIpc) is 3.18. The van der Waals surface area contributed by atoms with Crippen molar-refractivity contribution < 1.29 is 13.2 Å². The molecule has 0 radical (unpaired) electrons. The van der Waals surface area contributed by atoms with E-state index in [2.05, 4.69) is 10.1 Å². The number of rotatable bonds is 4. The van der Waals surface area contributed by atoms with Gasteiger partial charge in [-0.3, -0.25) is 14.7 Å². The number of benzene rings is 1. The van der Waals surface area contributed by atoms with Crippen molar-refractivity contribution in [2.24, 2.45) is 0 Å². The van der Waals surface area contributed by atoms with Crippen molar-refractivity contribution in [1.29, 1.82) is 0 Å². The van der Waals surface area contributed by atoms with E-state index in [0.29, 0.717) is 5.69 Å². The van der Waals surface area contributed by atoms with Gasteiger partial charge < -0.3 is 4.90 Å². The number of aromatic nitrogens is 3. The number of nitrogens with zero attached hydrogens (tertiary/aromatic N) is 4. The molecule has 0 unspecified atom stereocenters. The predicted octanol–water partition coefficient (Wildman–Crippen LogP) is 0.797. The fourth-order valence-electron chi connectivity index (χ4n) is 3.42. The maximum atomic E-state index is 13.0. The molecule has 9 nitrogen and oxygen atoms in total. The Kier molecular flexibility index (Phi) is 4.97. The minimum Gasteiger partial charge on any atom is -0.336 e. The fraction of sp³-hybridized carbons (Fsp3) is 0.316. The highest BCUT2D eigenvalue weighted by molar-refractivity contribution is 7.89. The van der Waals surface area contributed by atoms with E-state index < -0.39 is 10.0 Å². The topological polar surface area (TPSA) is 108 Å². The van der Waals surface area contributed by atoms with Gasteiger partial charge >= 0.3 is 0 Å². The number of piperazine rings is 1. The lowest BCUT2D eigenvalue weighted by Gasteiger charge is -2.33. The summed E-state index contributed by atoms with van der Waals surface area (Å²) in [7, 11) is -3.27. The van der Waals surface area contributed by atoms with Gasteiger partial charge in [0.2, 0.25) is 10.0 Å². The quantitative estimate of drug-likeness (QED) is 0.678. The van der Waals surface area contributed by atoms with E-state index in [0.717, 1.165) is 5.56 Å². The molecule has 3 aromatic rings. The zero-order valence-electron chi connectivity index (χ0n) is 15.9. The number of H-pyrrole nitrogens is 1. The summed E-state index contributed by atoms with van der Waals surface area (Å²) in [5.41, 5.74) is 1.50. The molecule has 29 heavy (non-hydrogen) atoms. The summed E-state index contributed by atoms with van der Waals surface area (Å²) in [5.74, 6) is -0.243. The summed E-state index contributed by atoms with van der Waals surface area (Å²) in [6, 6.07) is 10.7. The van der Waals surface area contributed by atoms with Gasteiger partial charge in [-0.15, -0.1) is 0 Å². The van der Waals surface area contributed by atoms with Crippen molar-refractivity contribution in [1.82, 2.24) is 23.8 Å². The molecule has 0 atom stereocenters. The molecule has 3 heterocycles. The van der Waals surface area contributed by atoms with Gasteiger partial charge in [0.1, 0.15) is 5.56 Å². The molecule has 1 saturated heterocycles. The van der Waals surface area contributed by atoms with E-state index in [1.54, 1.807) is 11.8 Å². The number of nitrogens with one attached hydrogen (secondary N) is 1.